The molecule has 0 spiro atoms. The van der Waals surface area contributed by atoms with Crippen LogP contribution in [0.15, 0.2) is 24.3 Å². The number of hydrogen-bond acceptors (Lipinski definition) is 3. The largest absolute Gasteiger partial charge is 0.481 e. The number of carbonyl (C=O) groups excluding carboxylic acids is 1. The molecular weight excluding hydrogens is 361 g/mol. The van der Waals surface area contributed by atoms with Crippen molar-refractivity contribution in [2.45, 2.75) is 39.5 Å². The number of aromatic nitrogens is 2. The Hall–Kier alpha value is -2.70. The minimum absolute atomic E-state index is 0.0538. The third kappa shape index (κ3) is 2.89. The van der Waals surface area contributed by atoms with Gasteiger partial charge in [0.1, 0.15) is 5.82 Å². The van der Waals surface area contributed by atoms with E-state index in [1.165, 1.54) is 12.1 Å². The molecule has 2 heterocycles. The van der Waals surface area contributed by atoms with Crippen LogP contribution in [0.25, 0.3) is 5.69 Å². The number of amides is 1. The Morgan fingerprint density at radius 2 is 2.00 bits per heavy atom. The number of aryl methyl sites for hydroxylation is 1. The lowest BCUT2D eigenvalue weighted by Gasteiger charge is -2.23. The number of halogens is 1. The van der Waals surface area contributed by atoms with Gasteiger partial charge in [-0.15, -0.1) is 0 Å². The molecule has 28 heavy (non-hydrogen) atoms. The highest BCUT2D eigenvalue weighted by Gasteiger charge is 2.55. The molecule has 2 aromatic rings. The average molecular weight is 385 g/mol. The normalized spacial score (nSPS) is 23.8. The molecule has 1 saturated carbocycles. The van der Waals surface area contributed by atoms with Gasteiger partial charge in [-0.25, -0.2) is 9.07 Å². The summed E-state index contributed by atoms with van der Waals surface area (Å²) in [6.07, 6.45) is 2.64. The van der Waals surface area contributed by atoms with Crippen LogP contribution in [-0.4, -0.2) is 44.8 Å². The Morgan fingerprint density at radius 1 is 1.29 bits per heavy atom. The zero-order valence-corrected chi connectivity index (χ0v) is 16.1. The lowest BCUT2D eigenvalue weighted by atomic mass is 9.81. The van der Waals surface area contributed by atoms with Gasteiger partial charge < -0.3 is 10.0 Å². The number of nitrogens with zero attached hydrogens (tertiary/aromatic N) is 3. The topological polar surface area (TPSA) is 75.4 Å². The second-order valence-electron chi connectivity index (χ2n) is 8.04. The van der Waals surface area contributed by atoms with Crippen LogP contribution in [0.1, 0.15) is 36.2 Å². The molecule has 1 aromatic heterocycles. The van der Waals surface area contributed by atoms with E-state index < -0.39 is 11.4 Å². The van der Waals surface area contributed by atoms with Crippen LogP contribution in [0.3, 0.4) is 0 Å². The van der Waals surface area contributed by atoms with E-state index in [0.29, 0.717) is 19.5 Å². The maximum absolute atomic E-state index is 13.2. The molecule has 1 aliphatic carbocycles. The number of aliphatic carboxylic acids is 1. The van der Waals surface area contributed by atoms with Crippen molar-refractivity contribution in [3.63, 3.8) is 0 Å². The molecule has 1 aromatic carbocycles. The summed E-state index contributed by atoms with van der Waals surface area (Å²) in [5.74, 6) is -1.09. The number of hydrogen-bond donors (Lipinski definition) is 1. The molecule has 7 heteroatoms. The zero-order chi connectivity index (χ0) is 20.1. The van der Waals surface area contributed by atoms with E-state index in [9.17, 15) is 19.1 Å². The van der Waals surface area contributed by atoms with Crippen LogP contribution >= 0.6 is 0 Å². The summed E-state index contributed by atoms with van der Waals surface area (Å²) in [4.78, 5) is 26.5. The van der Waals surface area contributed by atoms with Gasteiger partial charge in [0.25, 0.3) is 0 Å². The molecule has 1 amide bonds. The summed E-state index contributed by atoms with van der Waals surface area (Å²) in [5, 5.41) is 14.2. The quantitative estimate of drug-likeness (QED) is 0.878. The first kappa shape index (κ1) is 18.7. The molecule has 2 fully saturated rings. The molecular formula is C21H24FN3O3. The van der Waals surface area contributed by atoms with E-state index >= 15 is 0 Å². The Bertz CT molecular complexity index is 937. The van der Waals surface area contributed by atoms with Crippen molar-refractivity contribution in [2.75, 3.05) is 13.1 Å². The van der Waals surface area contributed by atoms with Crippen molar-refractivity contribution >= 4 is 11.9 Å². The Labute approximate surface area is 163 Å². The lowest BCUT2D eigenvalue weighted by Crippen LogP contribution is -2.37. The number of carbonyl (C=O) groups is 2. The molecule has 2 atom stereocenters. The number of carboxylic acids is 1. The smallest absolute Gasteiger partial charge is 0.311 e. The van der Waals surface area contributed by atoms with Gasteiger partial charge in [0.05, 0.1) is 23.2 Å². The summed E-state index contributed by atoms with van der Waals surface area (Å²) >= 11 is 0. The molecule has 1 saturated heterocycles. The molecule has 148 valence electrons. The maximum atomic E-state index is 13.2. The Kier molecular flexibility index (Phi) is 4.48. The van der Waals surface area contributed by atoms with Gasteiger partial charge in [-0.1, -0.05) is 6.42 Å². The summed E-state index contributed by atoms with van der Waals surface area (Å²) in [6, 6.07) is 6.06. The minimum atomic E-state index is -0.776. The standard InChI is InChI=1S/C21H24FN3O3/c1-13-18(14(2)25(23-13)17-7-5-16(22)6-8-17)10-19(26)24-11-15-4-3-9-21(15,12-24)20(27)28/h5-8,15H,3-4,9-12H2,1-2H3,(H,27,28)/t15-,21+/m0/s1. The van der Waals surface area contributed by atoms with Crippen LogP contribution in [0.2, 0.25) is 0 Å². The predicted octanol–water partition coefficient (Wildman–Crippen LogP) is 2.88. The van der Waals surface area contributed by atoms with Crippen LogP contribution in [0, 0.1) is 31.0 Å². The van der Waals surface area contributed by atoms with Gasteiger partial charge in [0.15, 0.2) is 0 Å². The third-order valence-electron chi connectivity index (χ3n) is 6.49. The lowest BCUT2D eigenvalue weighted by molar-refractivity contribution is -0.149. The fraction of sp³-hybridized carbons (Fsp3) is 0.476. The molecule has 0 bridgehead atoms. The summed E-state index contributed by atoms with van der Waals surface area (Å²) in [5.41, 5.74) is 2.40. The van der Waals surface area contributed by atoms with Crippen molar-refractivity contribution in [2.24, 2.45) is 11.3 Å². The molecule has 4 rings (SSSR count). The number of carboxylic acid groups (broad SMARTS) is 1. The SMILES string of the molecule is Cc1nn(-c2ccc(F)cc2)c(C)c1CC(=O)N1C[C@@H]2CCC[C@@]2(C(=O)O)C1. The molecule has 0 unspecified atom stereocenters. The number of rotatable bonds is 4. The van der Waals surface area contributed by atoms with Crippen molar-refractivity contribution in [1.82, 2.24) is 14.7 Å². The minimum Gasteiger partial charge on any atom is -0.481 e. The average Bonchev–Trinajstić information content (AvgIpc) is 3.29. The first-order chi connectivity index (χ1) is 13.3. The summed E-state index contributed by atoms with van der Waals surface area (Å²) in [6.45, 7) is 4.57. The van der Waals surface area contributed by atoms with E-state index in [0.717, 1.165) is 35.5 Å². The summed E-state index contributed by atoms with van der Waals surface area (Å²) in [7, 11) is 0. The third-order valence-corrected chi connectivity index (χ3v) is 6.49. The van der Waals surface area contributed by atoms with E-state index in [-0.39, 0.29) is 24.1 Å². The van der Waals surface area contributed by atoms with E-state index in [4.69, 9.17) is 0 Å². The van der Waals surface area contributed by atoms with Gasteiger partial charge in [-0.05, 0) is 56.9 Å². The zero-order valence-electron chi connectivity index (χ0n) is 16.1. The molecule has 0 radical (unpaired) electrons. The molecule has 1 aliphatic heterocycles. The van der Waals surface area contributed by atoms with E-state index in [2.05, 4.69) is 5.10 Å². The Balaban J connectivity index is 1.54. The fourth-order valence-corrected chi connectivity index (χ4v) is 4.86. The number of fused-ring (bicyclic) bond motifs is 1. The van der Waals surface area contributed by atoms with Gasteiger partial charge in [0, 0.05) is 24.3 Å². The second kappa shape index (κ2) is 6.72. The highest BCUT2D eigenvalue weighted by atomic mass is 19.1. The number of benzene rings is 1. The van der Waals surface area contributed by atoms with Gasteiger partial charge in [-0.3, -0.25) is 9.59 Å². The highest BCUT2D eigenvalue weighted by molar-refractivity contribution is 5.83. The van der Waals surface area contributed by atoms with E-state index in [1.54, 1.807) is 21.7 Å². The monoisotopic (exact) mass is 385 g/mol. The second-order valence-corrected chi connectivity index (χ2v) is 8.04. The van der Waals surface area contributed by atoms with Gasteiger partial charge >= 0.3 is 5.97 Å². The predicted molar refractivity (Wildman–Crippen MR) is 101 cm³/mol. The number of likely N-dealkylation sites (tertiary alicyclic amines) is 1. The van der Waals surface area contributed by atoms with Crippen LogP contribution in [0.4, 0.5) is 4.39 Å². The van der Waals surface area contributed by atoms with Gasteiger partial charge in [-0.2, -0.15) is 5.10 Å². The maximum Gasteiger partial charge on any atom is 0.311 e. The van der Waals surface area contributed by atoms with Crippen LogP contribution in [-0.2, 0) is 16.0 Å². The first-order valence-electron chi connectivity index (χ1n) is 9.64. The molecule has 6 nitrogen and oxygen atoms in total. The van der Waals surface area contributed by atoms with E-state index in [1.807, 2.05) is 13.8 Å². The van der Waals surface area contributed by atoms with Crippen molar-refractivity contribution in [3.8, 4) is 5.69 Å². The molecule has 1 N–H and O–H groups in total. The summed E-state index contributed by atoms with van der Waals surface area (Å²) < 4.78 is 14.9. The van der Waals surface area contributed by atoms with Gasteiger partial charge in [0.2, 0.25) is 5.91 Å². The Morgan fingerprint density at radius 3 is 2.64 bits per heavy atom. The molecule has 2 aliphatic rings. The van der Waals surface area contributed by atoms with Crippen LogP contribution in [0.5, 0.6) is 0 Å². The van der Waals surface area contributed by atoms with Crippen molar-refractivity contribution < 1.29 is 19.1 Å². The van der Waals surface area contributed by atoms with Crippen molar-refractivity contribution in [3.05, 3.63) is 47.0 Å². The highest BCUT2D eigenvalue weighted by Crippen LogP contribution is 2.49. The van der Waals surface area contributed by atoms with Crippen molar-refractivity contribution in [1.29, 1.82) is 0 Å². The van der Waals surface area contributed by atoms with Crippen LogP contribution < -0.4 is 0 Å². The fourth-order valence-electron chi connectivity index (χ4n) is 4.86. The first-order valence-corrected chi connectivity index (χ1v) is 9.64.